The number of ether oxygens (including phenoxy) is 1. The van der Waals surface area contributed by atoms with Crippen LogP contribution < -0.4 is 5.32 Å². The average molecular weight is 407 g/mol. The third-order valence-electron chi connectivity index (χ3n) is 4.83. The van der Waals surface area contributed by atoms with Crippen LogP contribution in [0.25, 0.3) is 22.2 Å². The van der Waals surface area contributed by atoms with Crippen LogP contribution in [-0.4, -0.2) is 47.0 Å². The molecule has 8 heteroatoms. The van der Waals surface area contributed by atoms with Gasteiger partial charge in [0, 0.05) is 24.0 Å². The van der Waals surface area contributed by atoms with Crippen LogP contribution in [-0.2, 0) is 9.53 Å². The molecule has 0 bridgehead atoms. The van der Waals surface area contributed by atoms with E-state index in [4.69, 9.17) is 4.74 Å². The lowest BCUT2D eigenvalue weighted by Crippen LogP contribution is -2.41. The molecular formula is C22H18FN3O4. The van der Waals surface area contributed by atoms with Gasteiger partial charge < -0.3 is 10.1 Å². The number of carbonyl (C=O) groups excluding carboxylic acids is 3. The number of nitrogens with zero attached hydrogens (tertiary/aromatic N) is 2. The molecular weight excluding hydrogens is 389 g/mol. The summed E-state index contributed by atoms with van der Waals surface area (Å²) in [4.78, 5) is 42.6. The van der Waals surface area contributed by atoms with Gasteiger partial charge in [-0.3, -0.25) is 9.69 Å². The molecule has 0 radical (unpaired) electrons. The highest BCUT2D eigenvalue weighted by Gasteiger charge is 2.32. The van der Waals surface area contributed by atoms with Gasteiger partial charge in [-0.2, -0.15) is 0 Å². The number of halogens is 1. The van der Waals surface area contributed by atoms with E-state index < -0.39 is 24.0 Å². The van der Waals surface area contributed by atoms with E-state index in [2.05, 4.69) is 10.3 Å². The van der Waals surface area contributed by atoms with Crippen molar-refractivity contribution in [2.24, 2.45) is 0 Å². The first-order valence-electron chi connectivity index (χ1n) is 9.40. The van der Waals surface area contributed by atoms with Gasteiger partial charge >= 0.3 is 12.0 Å². The Morgan fingerprint density at radius 2 is 1.90 bits per heavy atom. The molecule has 1 atom stereocenters. The Morgan fingerprint density at radius 3 is 2.60 bits per heavy atom. The molecule has 7 nitrogen and oxygen atoms in total. The van der Waals surface area contributed by atoms with Gasteiger partial charge in [-0.15, -0.1) is 0 Å². The summed E-state index contributed by atoms with van der Waals surface area (Å²) in [6.07, 6.45) is -1.14. The van der Waals surface area contributed by atoms with E-state index in [9.17, 15) is 18.8 Å². The van der Waals surface area contributed by atoms with Crippen molar-refractivity contribution in [2.45, 2.75) is 13.0 Å². The molecule has 0 saturated carbocycles. The number of hydrogen-bond acceptors (Lipinski definition) is 5. The van der Waals surface area contributed by atoms with Crippen LogP contribution in [0.5, 0.6) is 0 Å². The molecule has 1 aliphatic rings. The lowest BCUT2D eigenvalue weighted by atomic mass is 10.0. The Bertz CT molecular complexity index is 1150. The van der Waals surface area contributed by atoms with E-state index in [-0.39, 0.29) is 17.9 Å². The van der Waals surface area contributed by atoms with Gasteiger partial charge in [-0.25, -0.2) is 19.0 Å². The smallest absolute Gasteiger partial charge is 0.339 e. The van der Waals surface area contributed by atoms with Crippen molar-refractivity contribution in [2.75, 3.05) is 13.1 Å². The number of benzene rings is 2. The van der Waals surface area contributed by atoms with E-state index in [1.807, 2.05) is 0 Å². The van der Waals surface area contributed by atoms with Crippen molar-refractivity contribution in [1.82, 2.24) is 15.2 Å². The predicted octanol–water partition coefficient (Wildman–Crippen LogP) is 3.14. The molecule has 2 aromatic carbocycles. The molecule has 1 N–H and O–H groups in total. The second-order valence-electron chi connectivity index (χ2n) is 6.85. The van der Waals surface area contributed by atoms with Gasteiger partial charge in [0.05, 0.1) is 16.8 Å². The maximum absolute atomic E-state index is 13.3. The first-order valence-corrected chi connectivity index (χ1v) is 9.40. The van der Waals surface area contributed by atoms with Crippen molar-refractivity contribution >= 4 is 28.8 Å². The maximum atomic E-state index is 13.3. The summed E-state index contributed by atoms with van der Waals surface area (Å²) in [7, 11) is 0. The van der Waals surface area contributed by atoms with E-state index in [0.29, 0.717) is 28.7 Å². The molecule has 152 valence electrons. The van der Waals surface area contributed by atoms with Gasteiger partial charge in [0.15, 0.2) is 6.10 Å². The number of carbonyl (C=O) groups is 3. The second kappa shape index (κ2) is 7.90. The van der Waals surface area contributed by atoms with Crippen molar-refractivity contribution in [3.8, 4) is 11.3 Å². The van der Waals surface area contributed by atoms with E-state index in [0.717, 1.165) is 4.90 Å². The van der Waals surface area contributed by atoms with Crippen LogP contribution >= 0.6 is 0 Å². The second-order valence-corrected chi connectivity index (χ2v) is 6.85. The zero-order valence-corrected chi connectivity index (χ0v) is 16.1. The van der Waals surface area contributed by atoms with Crippen LogP contribution in [0, 0.1) is 5.82 Å². The summed E-state index contributed by atoms with van der Waals surface area (Å²) in [6, 6.07) is 13.8. The monoisotopic (exact) mass is 407 g/mol. The number of fused-ring (bicyclic) bond motifs is 1. The first kappa shape index (κ1) is 19.5. The van der Waals surface area contributed by atoms with Gasteiger partial charge in [0.2, 0.25) is 0 Å². The molecule has 1 aromatic heterocycles. The Kier molecular flexibility index (Phi) is 5.14. The Morgan fingerprint density at radius 1 is 1.17 bits per heavy atom. The van der Waals surface area contributed by atoms with Crippen LogP contribution in [0.2, 0.25) is 0 Å². The number of imide groups is 1. The van der Waals surface area contributed by atoms with Gasteiger partial charge in [-0.05, 0) is 43.3 Å². The van der Waals surface area contributed by atoms with Crippen LogP contribution in [0.3, 0.4) is 0 Å². The summed E-state index contributed by atoms with van der Waals surface area (Å²) in [5.74, 6) is -1.68. The van der Waals surface area contributed by atoms with Crippen LogP contribution in [0.15, 0.2) is 54.6 Å². The standard InChI is InChI=1S/C22H18FN3O4/c1-13(20(27)26-11-10-24-22(26)29)30-21(28)17-12-19(14-6-8-15(23)9-7-14)25-18-5-3-2-4-16(17)18/h2-9,12-13H,10-11H2,1H3,(H,24,29). The summed E-state index contributed by atoms with van der Waals surface area (Å²) >= 11 is 0. The number of esters is 1. The van der Waals surface area contributed by atoms with E-state index in [1.165, 1.54) is 19.1 Å². The lowest BCUT2D eigenvalue weighted by Gasteiger charge is -2.18. The van der Waals surface area contributed by atoms with Crippen molar-refractivity contribution in [1.29, 1.82) is 0 Å². The maximum Gasteiger partial charge on any atom is 0.339 e. The topological polar surface area (TPSA) is 88.6 Å². The highest BCUT2D eigenvalue weighted by Crippen LogP contribution is 2.26. The van der Waals surface area contributed by atoms with Gasteiger partial charge in [-0.1, -0.05) is 18.2 Å². The van der Waals surface area contributed by atoms with Crippen LogP contribution in [0.1, 0.15) is 17.3 Å². The number of nitrogens with one attached hydrogen (secondary N) is 1. The zero-order chi connectivity index (χ0) is 21.3. The van der Waals surface area contributed by atoms with E-state index in [1.54, 1.807) is 42.5 Å². The molecule has 30 heavy (non-hydrogen) atoms. The van der Waals surface area contributed by atoms with Crippen molar-refractivity contribution < 1.29 is 23.5 Å². The molecule has 3 aromatic rings. The Balaban J connectivity index is 1.66. The van der Waals surface area contributed by atoms with E-state index >= 15 is 0 Å². The quantitative estimate of drug-likeness (QED) is 0.672. The fourth-order valence-corrected chi connectivity index (χ4v) is 3.29. The predicted molar refractivity (Wildman–Crippen MR) is 107 cm³/mol. The number of para-hydroxylation sites is 1. The minimum atomic E-state index is -1.14. The fraction of sp³-hybridized carbons (Fsp3) is 0.182. The lowest BCUT2D eigenvalue weighted by molar-refractivity contribution is -0.136. The number of hydrogen-bond donors (Lipinski definition) is 1. The molecule has 1 unspecified atom stereocenters. The number of pyridine rings is 1. The first-order chi connectivity index (χ1) is 14.4. The third-order valence-corrected chi connectivity index (χ3v) is 4.83. The summed E-state index contributed by atoms with van der Waals surface area (Å²) < 4.78 is 18.7. The minimum absolute atomic E-state index is 0.227. The fourth-order valence-electron chi connectivity index (χ4n) is 3.29. The van der Waals surface area contributed by atoms with Crippen molar-refractivity contribution in [3.63, 3.8) is 0 Å². The number of amides is 3. The molecule has 2 heterocycles. The van der Waals surface area contributed by atoms with Crippen LogP contribution in [0.4, 0.5) is 9.18 Å². The summed E-state index contributed by atoms with van der Waals surface area (Å²) in [5, 5.41) is 3.10. The number of aromatic nitrogens is 1. The molecule has 1 fully saturated rings. The summed E-state index contributed by atoms with van der Waals surface area (Å²) in [5.41, 5.74) is 1.89. The normalized spacial score (nSPS) is 14.5. The Labute approximate surface area is 171 Å². The van der Waals surface area contributed by atoms with Gasteiger partial charge in [0.1, 0.15) is 5.82 Å². The molecule has 1 aliphatic heterocycles. The highest BCUT2D eigenvalue weighted by molar-refractivity contribution is 6.06. The highest BCUT2D eigenvalue weighted by atomic mass is 19.1. The summed E-state index contributed by atoms with van der Waals surface area (Å²) in [6.45, 7) is 2.02. The molecule has 1 saturated heterocycles. The minimum Gasteiger partial charge on any atom is -0.449 e. The molecule has 0 aliphatic carbocycles. The number of rotatable bonds is 4. The Hall–Kier alpha value is -3.81. The molecule has 4 rings (SSSR count). The number of urea groups is 1. The zero-order valence-electron chi connectivity index (χ0n) is 16.1. The SMILES string of the molecule is CC(OC(=O)c1cc(-c2ccc(F)cc2)nc2ccccc12)C(=O)N1CCNC1=O. The van der Waals surface area contributed by atoms with Gasteiger partial charge in [0.25, 0.3) is 5.91 Å². The molecule has 0 spiro atoms. The third kappa shape index (κ3) is 3.71. The molecule has 3 amide bonds. The van der Waals surface area contributed by atoms with Crippen molar-refractivity contribution in [3.05, 3.63) is 66.0 Å². The average Bonchev–Trinajstić information content (AvgIpc) is 3.18. The largest absolute Gasteiger partial charge is 0.449 e.